The third kappa shape index (κ3) is 18.2. The summed E-state index contributed by atoms with van der Waals surface area (Å²) in [4.78, 5) is 40.9. The van der Waals surface area contributed by atoms with Gasteiger partial charge in [0.25, 0.3) is 0 Å². The second-order valence-electron chi connectivity index (χ2n) is 9.18. The fourth-order valence-corrected chi connectivity index (χ4v) is 4.09. The fourth-order valence-electron chi connectivity index (χ4n) is 3.77. The van der Waals surface area contributed by atoms with E-state index < -0.39 is 6.09 Å². The molecule has 1 fully saturated rings. The SMILES string of the molecule is C#CC.CC/C=C\C=C/CCCCN1CCCN(C)C(=O)N(CC2=CC=C(Br)C=CC2)C(=O)CC1.COC(N)=O. The molecule has 4 amide bonds. The summed E-state index contributed by atoms with van der Waals surface area (Å²) in [6, 6.07) is -0.190. The van der Waals surface area contributed by atoms with Crippen molar-refractivity contribution in [1.82, 2.24) is 14.7 Å². The Kier molecular flexibility index (Phi) is 21.9. The van der Waals surface area contributed by atoms with Gasteiger partial charge in [0, 0.05) is 31.0 Å². The van der Waals surface area contributed by atoms with E-state index in [-0.39, 0.29) is 11.9 Å². The Hall–Kier alpha value is -3.09. The topological polar surface area (TPSA) is 96.2 Å². The number of allylic oxidation sites excluding steroid dienone is 9. The smallest absolute Gasteiger partial charge is 0.404 e. The quantitative estimate of drug-likeness (QED) is 0.189. The van der Waals surface area contributed by atoms with Crippen molar-refractivity contribution < 1.29 is 19.1 Å². The predicted molar refractivity (Wildman–Crippen MR) is 168 cm³/mol. The van der Waals surface area contributed by atoms with Crippen LogP contribution in [0.15, 0.2) is 58.7 Å². The summed E-state index contributed by atoms with van der Waals surface area (Å²) in [7, 11) is 3.02. The Morgan fingerprint density at radius 2 is 1.85 bits per heavy atom. The van der Waals surface area contributed by atoms with E-state index in [4.69, 9.17) is 0 Å². The lowest BCUT2D eigenvalue weighted by atomic mass is 10.1. The minimum absolute atomic E-state index is 0.0865. The second-order valence-corrected chi connectivity index (χ2v) is 10.1. The molecule has 1 aliphatic carbocycles. The molecule has 0 bridgehead atoms. The molecular weight excluding hydrogens is 572 g/mol. The van der Waals surface area contributed by atoms with Gasteiger partial charge in [0.2, 0.25) is 5.91 Å². The van der Waals surface area contributed by atoms with E-state index in [2.05, 4.69) is 80.9 Å². The van der Waals surface area contributed by atoms with Gasteiger partial charge < -0.3 is 20.3 Å². The van der Waals surface area contributed by atoms with Crippen LogP contribution in [0.2, 0.25) is 0 Å². The van der Waals surface area contributed by atoms with Crippen molar-refractivity contribution in [1.29, 1.82) is 0 Å². The van der Waals surface area contributed by atoms with Crippen molar-refractivity contribution in [2.75, 3.05) is 46.9 Å². The van der Waals surface area contributed by atoms with Crippen LogP contribution in [0.25, 0.3) is 0 Å². The van der Waals surface area contributed by atoms with Gasteiger partial charge in [-0.1, -0.05) is 65.4 Å². The maximum Gasteiger partial charge on any atom is 0.404 e. The van der Waals surface area contributed by atoms with Gasteiger partial charge in [-0.15, -0.1) is 12.3 Å². The van der Waals surface area contributed by atoms with Crippen molar-refractivity contribution in [2.45, 2.75) is 58.8 Å². The van der Waals surface area contributed by atoms with Crippen molar-refractivity contribution in [3.8, 4) is 12.3 Å². The number of hydrogen-bond donors (Lipinski definition) is 1. The van der Waals surface area contributed by atoms with E-state index in [1.54, 1.807) is 18.9 Å². The van der Waals surface area contributed by atoms with Crippen LogP contribution in [0.5, 0.6) is 0 Å². The highest BCUT2D eigenvalue weighted by Gasteiger charge is 2.26. The summed E-state index contributed by atoms with van der Waals surface area (Å²) < 4.78 is 4.88. The highest BCUT2D eigenvalue weighted by Crippen LogP contribution is 2.18. The van der Waals surface area contributed by atoms with Gasteiger partial charge in [0.05, 0.1) is 13.7 Å². The van der Waals surface area contributed by atoms with Crippen molar-refractivity contribution in [3.05, 3.63) is 58.7 Å². The van der Waals surface area contributed by atoms with Gasteiger partial charge in [-0.3, -0.25) is 9.69 Å². The first kappa shape index (κ1) is 36.9. The Bertz CT molecular complexity index is 963. The molecule has 9 heteroatoms. The third-order valence-electron chi connectivity index (χ3n) is 5.88. The third-order valence-corrected chi connectivity index (χ3v) is 6.41. The normalized spacial score (nSPS) is 16.7. The number of amides is 4. The number of unbranched alkanes of at least 4 members (excludes halogenated alkanes) is 2. The molecule has 40 heavy (non-hydrogen) atoms. The Labute approximate surface area is 249 Å². The number of rotatable bonds is 9. The van der Waals surface area contributed by atoms with Gasteiger partial charge in [-0.05, 0) is 70.2 Å². The molecular formula is C31H47BrN4O4. The molecule has 1 aliphatic heterocycles. The fraction of sp³-hybridized carbons (Fsp3) is 0.516. The van der Waals surface area contributed by atoms with Crippen molar-refractivity contribution in [3.63, 3.8) is 0 Å². The predicted octanol–water partition coefficient (Wildman–Crippen LogP) is 6.17. The molecule has 2 N–H and O–H groups in total. The molecule has 0 unspecified atom stereocenters. The van der Waals surface area contributed by atoms with E-state index in [0.29, 0.717) is 26.1 Å². The number of terminal acetylenes is 1. The molecule has 0 saturated carbocycles. The molecule has 0 aromatic heterocycles. The highest BCUT2D eigenvalue weighted by atomic mass is 79.9. The standard InChI is InChI=1S/C26H38BrN3O2.C3H4.C2H5NO2/c1-3-4-5-6-7-8-9-10-19-29-20-12-18-28(2)26(32)30(25(31)17-21-29)22-23-13-11-14-24(27)16-15-23;1-3-2;1-5-2(3)4/h4-7,11,14-16H,3,8-10,12-13,17-22H2,1-2H3;1H,2H3;1H3,(H2,3,4)/b5-4-,7-6-;;. The molecule has 2 rings (SSSR count). The lowest BCUT2D eigenvalue weighted by molar-refractivity contribution is -0.128. The van der Waals surface area contributed by atoms with Gasteiger partial charge in [-0.2, -0.15) is 0 Å². The lowest BCUT2D eigenvalue weighted by Gasteiger charge is -2.31. The number of urea groups is 1. The minimum atomic E-state index is -0.745. The number of nitrogens with zero attached hydrogens (tertiary/aromatic N) is 3. The van der Waals surface area contributed by atoms with Crippen LogP contribution in [-0.4, -0.2) is 79.6 Å². The molecule has 1 saturated heterocycles. The van der Waals surface area contributed by atoms with E-state index in [9.17, 15) is 14.4 Å². The van der Waals surface area contributed by atoms with Crippen molar-refractivity contribution in [2.24, 2.45) is 5.73 Å². The molecule has 222 valence electrons. The molecule has 0 atom stereocenters. The summed E-state index contributed by atoms with van der Waals surface area (Å²) >= 11 is 3.48. The van der Waals surface area contributed by atoms with Crippen LogP contribution in [0.4, 0.5) is 9.59 Å². The maximum atomic E-state index is 13.0. The number of nitrogens with two attached hydrogens (primary N) is 1. The highest BCUT2D eigenvalue weighted by molar-refractivity contribution is 9.11. The van der Waals surface area contributed by atoms with Crippen LogP contribution >= 0.6 is 15.9 Å². The molecule has 0 radical (unpaired) electrons. The number of primary amides is 1. The molecule has 1 heterocycles. The Balaban J connectivity index is 0.00000167. The number of hydrogen-bond acceptors (Lipinski definition) is 5. The zero-order valence-corrected chi connectivity index (χ0v) is 26.2. The Morgan fingerprint density at radius 3 is 2.50 bits per heavy atom. The van der Waals surface area contributed by atoms with E-state index >= 15 is 0 Å². The number of halogens is 1. The van der Waals surface area contributed by atoms with E-state index in [1.165, 1.54) is 12.0 Å². The molecule has 0 aromatic carbocycles. The molecule has 0 spiro atoms. The van der Waals surface area contributed by atoms with Gasteiger partial charge in [-0.25, -0.2) is 9.59 Å². The summed E-state index contributed by atoms with van der Waals surface area (Å²) in [6.45, 7) is 7.44. The van der Waals surface area contributed by atoms with Gasteiger partial charge in [0.1, 0.15) is 0 Å². The molecule has 8 nitrogen and oxygen atoms in total. The van der Waals surface area contributed by atoms with E-state index in [1.807, 2.05) is 18.2 Å². The summed E-state index contributed by atoms with van der Waals surface area (Å²) in [5.41, 5.74) is 5.49. The largest absolute Gasteiger partial charge is 0.453 e. The summed E-state index contributed by atoms with van der Waals surface area (Å²) in [5, 5.41) is 0. The minimum Gasteiger partial charge on any atom is -0.453 e. The van der Waals surface area contributed by atoms with E-state index in [0.717, 1.165) is 61.7 Å². The van der Waals surface area contributed by atoms with Gasteiger partial charge in [0.15, 0.2) is 0 Å². The zero-order valence-electron chi connectivity index (χ0n) is 24.6. The summed E-state index contributed by atoms with van der Waals surface area (Å²) in [5.74, 6) is 2.16. The first-order valence-corrected chi connectivity index (χ1v) is 14.5. The van der Waals surface area contributed by atoms with Crippen LogP contribution in [-0.2, 0) is 9.53 Å². The Morgan fingerprint density at radius 1 is 1.18 bits per heavy atom. The number of imide groups is 1. The van der Waals surface area contributed by atoms with Crippen LogP contribution in [0, 0.1) is 12.3 Å². The first-order chi connectivity index (χ1) is 19.2. The average molecular weight is 620 g/mol. The first-order valence-electron chi connectivity index (χ1n) is 13.7. The second kappa shape index (κ2) is 23.8. The van der Waals surface area contributed by atoms with Gasteiger partial charge >= 0.3 is 12.1 Å². The lowest BCUT2D eigenvalue weighted by Crippen LogP contribution is -2.48. The number of carbonyl (C=O) groups is 3. The molecule has 0 aromatic rings. The van der Waals surface area contributed by atoms with Crippen LogP contribution in [0.3, 0.4) is 0 Å². The van der Waals surface area contributed by atoms with Crippen molar-refractivity contribution >= 4 is 34.0 Å². The summed E-state index contributed by atoms with van der Waals surface area (Å²) in [6.07, 6.45) is 26.9. The number of carbonyl (C=O) groups excluding carboxylic acids is 3. The monoisotopic (exact) mass is 618 g/mol. The number of methoxy groups -OCH3 is 1. The van der Waals surface area contributed by atoms with Crippen LogP contribution in [0.1, 0.15) is 58.8 Å². The number of ether oxygens (including phenoxy) is 1. The average Bonchev–Trinajstić information content (AvgIpc) is 3.14. The maximum absolute atomic E-state index is 13.0. The van der Waals surface area contributed by atoms with Crippen LogP contribution < -0.4 is 5.73 Å². The molecule has 2 aliphatic rings. The zero-order chi connectivity index (χ0) is 30.2.